The first-order chi connectivity index (χ1) is 8.27. The average molecular weight is 272 g/mol. The molecule has 0 aliphatic rings. The van der Waals surface area contributed by atoms with E-state index < -0.39 is 0 Å². The predicted molar refractivity (Wildman–Crippen MR) is 77.7 cm³/mol. The SMILES string of the molecule is CCN=C=NCCCN(C)C.Cl.c1cncnc1. The summed E-state index contributed by atoms with van der Waals surface area (Å²) in [6.07, 6.45) is 5.96. The van der Waals surface area contributed by atoms with Crippen molar-refractivity contribution in [2.45, 2.75) is 13.3 Å². The van der Waals surface area contributed by atoms with Crippen molar-refractivity contribution in [1.29, 1.82) is 0 Å². The molecule has 18 heavy (non-hydrogen) atoms. The highest BCUT2D eigenvalue weighted by atomic mass is 35.5. The van der Waals surface area contributed by atoms with Crippen LogP contribution in [0.3, 0.4) is 0 Å². The fourth-order valence-electron chi connectivity index (χ4n) is 0.890. The lowest BCUT2D eigenvalue weighted by atomic mass is 10.4. The molecule has 102 valence electrons. The van der Waals surface area contributed by atoms with E-state index in [4.69, 9.17) is 0 Å². The number of nitrogens with zero attached hydrogens (tertiary/aromatic N) is 5. The summed E-state index contributed by atoms with van der Waals surface area (Å²) in [6.45, 7) is 4.67. The quantitative estimate of drug-likeness (QED) is 0.608. The van der Waals surface area contributed by atoms with E-state index in [0.29, 0.717) is 0 Å². The van der Waals surface area contributed by atoms with Crippen LogP contribution in [-0.4, -0.2) is 54.6 Å². The molecule has 0 saturated heterocycles. The lowest BCUT2D eigenvalue weighted by Crippen LogP contribution is -2.13. The van der Waals surface area contributed by atoms with Crippen LogP contribution in [0, 0.1) is 0 Å². The summed E-state index contributed by atoms with van der Waals surface area (Å²) < 4.78 is 0. The first-order valence-electron chi connectivity index (χ1n) is 5.70. The first-order valence-corrected chi connectivity index (χ1v) is 5.70. The first kappa shape index (κ1) is 19.1. The Bertz CT molecular complexity index is 283. The van der Waals surface area contributed by atoms with E-state index in [0.717, 1.165) is 26.1 Å². The molecule has 1 heterocycles. The topological polar surface area (TPSA) is 53.7 Å². The van der Waals surface area contributed by atoms with Crippen molar-refractivity contribution >= 4 is 18.4 Å². The van der Waals surface area contributed by atoms with E-state index in [1.165, 1.54) is 6.33 Å². The summed E-state index contributed by atoms with van der Waals surface area (Å²) in [6, 6.07) is 4.42. The zero-order chi connectivity index (χ0) is 12.8. The summed E-state index contributed by atoms with van der Waals surface area (Å²) in [7, 11) is 4.12. The van der Waals surface area contributed by atoms with Crippen LogP contribution in [0.4, 0.5) is 0 Å². The number of halogens is 1. The van der Waals surface area contributed by atoms with Gasteiger partial charge in [0, 0.05) is 18.9 Å². The third kappa shape index (κ3) is 17.1. The Hall–Kier alpha value is -1.29. The largest absolute Gasteiger partial charge is 0.309 e. The Labute approximate surface area is 115 Å². The summed E-state index contributed by atoms with van der Waals surface area (Å²) in [5, 5.41) is 0. The van der Waals surface area contributed by atoms with Gasteiger partial charge in [-0.3, -0.25) is 0 Å². The predicted octanol–water partition coefficient (Wildman–Crippen LogP) is 2.03. The molecule has 0 aliphatic heterocycles. The van der Waals surface area contributed by atoms with Gasteiger partial charge in [-0.15, -0.1) is 12.4 Å². The molecule has 0 atom stereocenters. The van der Waals surface area contributed by atoms with Crippen molar-refractivity contribution in [3.8, 4) is 0 Å². The van der Waals surface area contributed by atoms with Gasteiger partial charge in [-0.1, -0.05) is 0 Å². The molecule has 5 nitrogen and oxygen atoms in total. The van der Waals surface area contributed by atoms with Gasteiger partial charge in [0.2, 0.25) is 0 Å². The molecule has 0 aliphatic carbocycles. The molecule has 0 aromatic carbocycles. The highest BCUT2D eigenvalue weighted by Crippen LogP contribution is 1.82. The summed E-state index contributed by atoms with van der Waals surface area (Å²) in [5.74, 6) is 0. The highest BCUT2D eigenvalue weighted by molar-refractivity contribution is 5.85. The maximum absolute atomic E-state index is 3.99. The minimum atomic E-state index is 0. The van der Waals surface area contributed by atoms with Gasteiger partial charge in [0.15, 0.2) is 0 Å². The molecule has 0 spiro atoms. The van der Waals surface area contributed by atoms with Gasteiger partial charge >= 0.3 is 0 Å². The van der Waals surface area contributed by atoms with Gasteiger partial charge in [0.25, 0.3) is 0 Å². The smallest absolute Gasteiger partial charge is 0.115 e. The monoisotopic (exact) mass is 271 g/mol. The van der Waals surface area contributed by atoms with Crippen molar-refractivity contribution in [3.05, 3.63) is 24.8 Å². The average Bonchev–Trinajstić information content (AvgIpc) is 2.36. The van der Waals surface area contributed by atoms with Crippen molar-refractivity contribution in [1.82, 2.24) is 14.9 Å². The van der Waals surface area contributed by atoms with E-state index in [1.807, 2.05) is 6.92 Å². The minimum absolute atomic E-state index is 0. The van der Waals surface area contributed by atoms with Crippen LogP contribution in [-0.2, 0) is 0 Å². The second-order valence-corrected chi connectivity index (χ2v) is 3.52. The molecular formula is C12H22ClN5. The maximum atomic E-state index is 3.99. The van der Waals surface area contributed by atoms with E-state index in [2.05, 4.69) is 45.0 Å². The van der Waals surface area contributed by atoms with Crippen molar-refractivity contribution in [3.63, 3.8) is 0 Å². The number of rotatable bonds is 5. The van der Waals surface area contributed by atoms with E-state index >= 15 is 0 Å². The molecular weight excluding hydrogens is 250 g/mol. The fourth-order valence-corrected chi connectivity index (χ4v) is 0.890. The zero-order valence-corrected chi connectivity index (χ0v) is 12.1. The highest BCUT2D eigenvalue weighted by Gasteiger charge is 1.86. The maximum Gasteiger partial charge on any atom is 0.115 e. The molecule has 0 unspecified atom stereocenters. The minimum Gasteiger partial charge on any atom is -0.309 e. The Balaban J connectivity index is 0. The molecule has 0 amide bonds. The molecule has 0 saturated carbocycles. The summed E-state index contributed by atoms with van der Waals surface area (Å²) >= 11 is 0. The van der Waals surface area contributed by atoms with Crippen LogP contribution < -0.4 is 0 Å². The van der Waals surface area contributed by atoms with E-state index in [9.17, 15) is 0 Å². The normalized spacial score (nSPS) is 8.44. The van der Waals surface area contributed by atoms with Crippen LogP contribution in [0.25, 0.3) is 0 Å². The Kier molecular flexibility index (Phi) is 16.6. The van der Waals surface area contributed by atoms with Gasteiger partial charge in [0.1, 0.15) is 6.33 Å². The van der Waals surface area contributed by atoms with Gasteiger partial charge in [-0.25, -0.2) is 20.0 Å². The molecule has 0 bridgehead atoms. The number of hydrogen-bond donors (Lipinski definition) is 0. The van der Waals surface area contributed by atoms with Crippen molar-refractivity contribution in [2.75, 3.05) is 33.7 Å². The lowest BCUT2D eigenvalue weighted by Gasteiger charge is -2.05. The van der Waals surface area contributed by atoms with Crippen LogP contribution in [0.1, 0.15) is 13.3 Å². The van der Waals surface area contributed by atoms with E-state index in [1.54, 1.807) is 18.5 Å². The van der Waals surface area contributed by atoms with Gasteiger partial charge in [-0.2, -0.15) is 0 Å². The van der Waals surface area contributed by atoms with Crippen LogP contribution in [0.15, 0.2) is 34.8 Å². The van der Waals surface area contributed by atoms with Crippen molar-refractivity contribution in [2.24, 2.45) is 9.98 Å². The summed E-state index contributed by atoms with van der Waals surface area (Å²) in [4.78, 5) is 17.3. The Morgan fingerprint density at radius 2 is 1.83 bits per heavy atom. The second-order valence-electron chi connectivity index (χ2n) is 3.52. The third-order valence-electron chi connectivity index (χ3n) is 1.65. The van der Waals surface area contributed by atoms with Gasteiger partial charge < -0.3 is 4.90 Å². The summed E-state index contributed by atoms with van der Waals surface area (Å²) in [5.41, 5.74) is 0. The second kappa shape index (κ2) is 15.7. The number of aromatic nitrogens is 2. The standard InChI is InChI=1S/C8H17N3.C4H4N2.ClH/c1-4-9-8-10-6-5-7-11(2)3;1-2-5-4-6-3-1;/h4-7H2,1-3H3;1-4H;1H. The fraction of sp³-hybridized carbons (Fsp3) is 0.583. The molecule has 0 fully saturated rings. The Morgan fingerprint density at radius 1 is 1.17 bits per heavy atom. The lowest BCUT2D eigenvalue weighted by molar-refractivity contribution is 0.403. The zero-order valence-electron chi connectivity index (χ0n) is 11.3. The van der Waals surface area contributed by atoms with Crippen LogP contribution >= 0.6 is 12.4 Å². The molecule has 1 aromatic rings. The molecule has 0 radical (unpaired) electrons. The van der Waals surface area contributed by atoms with Crippen LogP contribution in [0.2, 0.25) is 0 Å². The van der Waals surface area contributed by atoms with Gasteiger partial charge in [-0.05, 0) is 40.1 Å². The molecule has 0 N–H and O–H groups in total. The van der Waals surface area contributed by atoms with Crippen LogP contribution in [0.5, 0.6) is 0 Å². The number of hydrogen-bond acceptors (Lipinski definition) is 5. The number of aliphatic imine (C=N–C) groups is 2. The molecule has 1 rings (SSSR count). The molecule has 6 heteroatoms. The molecule has 1 aromatic heterocycles. The van der Waals surface area contributed by atoms with Gasteiger partial charge in [0.05, 0.1) is 12.6 Å². The third-order valence-corrected chi connectivity index (χ3v) is 1.65. The van der Waals surface area contributed by atoms with E-state index in [-0.39, 0.29) is 12.4 Å². The van der Waals surface area contributed by atoms with Crippen molar-refractivity contribution < 1.29 is 0 Å². The Morgan fingerprint density at radius 3 is 2.22 bits per heavy atom.